The molecule has 1 aliphatic heterocycles. The van der Waals surface area contributed by atoms with Gasteiger partial charge in [-0.2, -0.15) is 0 Å². The minimum Gasteiger partial charge on any atom is -0.350 e. The van der Waals surface area contributed by atoms with E-state index in [1.807, 2.05) is 48.5 Å². The number of likely N-dealkylation sites (tertiary alicyclic amines) is 1. The minimum absolute atomic E-state index is 0.0156. The number of carbonyl (C=O) groups excluding carboxylic acids is 2. The van der Waals surface area contributed by atoms with E-state index in [-0.39, 0.29) is 17.9 Å². The highest BCUT2D eigenvalue weighted by Gasteiger charge is 2.21. The normalized spacial score (nSPS) is 15.5. The van der Waals surface area contributed by atoms with Crippen molar-refractivity contribution in [3.63, 3.8) is 0 Å². The van der Waals surface area contributed by atoms with Crippen LogP contribution in [0, 0.1) is 0 Å². The average Bonchev–Trinajstić information content (AvgIpc) is 2.69. The maximum absolute atomic E-state index is 12.1. The van der Waals surface area contributed by atoms with Crippen LogP contribution in [0.5, 0.6) is 0 Å². The zero-order chi connectivity index (χ0) is 19.8. The molecule has 3 rings (SSSR count). The van der Waals surface area contributed by atoms with Gasteiger partial charge in [-0.1, -0.05) is 41.9 Å². The number of amides is 2. The summed E-state index contributed by atoms with van der Waals surface area (Å²) in [5.74, 6) is -0.126. The van der Waals surface area contributed by atoms with Crippen molar-refractivity contribution in [1.29, 1.82) is 0 Å². The molecule has 2 aromatic rings. The van der Waals surface area contributed by atoms with Crippen molar-refractivity contribution in [3.8, 4) is 0 Å². The van der Waals surface area contributed by atoms with Gasteiger partial charge < -0.3 is 10.6 Å². The number of halogens is 1. The van der Waals surface area contributed by atoms with Crippen LogP contribution in [0.2, 0.25) is 5.02 Å². The predicted molar refractivity (Wildman–Crippen MR) is 113 cm³/mol. The van der Waals surface area contributed by atoms with E-state index in [2.05, 4.69) is 15.5 Å². The van der Waals surface area contributed by atoms with E-state index >= 15 is 0 Å². The average molecular weight is 398 g/mol. The molecule has 146 valence electrons. The number of carbonyl (C=O) groups is 2. The lowest BCUT2D eigenvalue weighted by molar-refractivity contribution is -0.119. The Balaban J connectivity index is 1.39. The molecule has 6 heteroatoms. The Morgan fingerprint density at radius 3 is 2.54 bits per heavy atom. The SMILES string of the molecule is O=C(/C=C/c1cccc(Cl)c1)NC1CCN(CC(=O)Nc2ccccc2)CC1. The number of hydrogen-bond acceptors (Lipinski definition) is 3. The second-order valence-electron chi connectivity index (χ2n) is 6.86. The summed E-state index contributed by atoms with van der Waals surface area (Å²) >= 11 is 5.94. The van der Waals surface area contributed by atoms with Gasteiger partial charge in [-0.05, 0) is 48.7 Å². The lowest BCUT2D eigenvalue weighted by Crippen LogP contribution is -2.46. The van der Waals surface area contributed by atoms with Crippen molar-refractivity contribution in [2.45, 2.75) is 18.9 Å². The molecule has 1 saturated heterocycles. The van der Waals surface area contributed by atoms with Gasteiger partial charge in [0.2, 0.25) is 11.8 Å². The first kappa shape index (κ1) is 20.1. The molecule has 28 heavy (non-hydrogen) atoms. The van der Waals surface area contributed by atoms with Crippen molar-refractivity contribution in [2.24, 2.45) is 0 Å². The lowest BCUT2D eigenvalue weighted by atomic mass is 10.0. The molecule has 2 amide bonds. The number of rotatable bonds is 6. The smallest absolute Gasteiger partial charge is 0.244 e. The Kier molecular flexibility index (Phi) is 7.23. The number of piperidine rings is 1. The summed E-state index contributed by atoms with van der Waals surface area (Å²) in [4.78, 5) is 26.4. The largest absolute Gasteiger partial charge is 0.350 e. The first-order valence-corrected chi connectivity index (χ1v) is 9.78. The molecule has 0 bridgehead atoms. The van der Waals surface area contributed by atoms with E-state index in [4.69, 9.17) is 11.6 Å². The summed E-state index contributed by atoms with van der Waals surface area (Å²) in [5, 5.41) is 6.58. The van der Waals surface area contributed by atoms with Crippen LogP contribution >= 0.6 is 11.6 Å². The van der Waals surface area contributed by atoms with Gasteiger partial charge in [-0.15, -0.1) is 0 Å². The van der Waals surface area contributed by atoms with Gasteiger partial charge in [0, 0.05) is 35.9 Å². The first-order valence-electron chi connectivity index (χ1n) is 9.40. The van der Waals surface area contributed by atoms with Gasteiger partial charge in [0.1, 0.15) is 0 Å². The maximum atomic E-state index is 12.1. The quantitative estimate of drug-likeness (QED) is 0.732. The summed E-state index contributed by atoms with van der Waals surface area (Å²) in [6, 6.07) is 16.9. The zero-order valence-electron chi connectivity index (χ0n) is 15.6. The Bertz CT molecular complexity index is 831. The third-order valence-electron chi connectivity index (χ3n) is 4.63. The summed E-state index contributed by atoms with van der Waals surface area (Å²) < 4.78 is 0. The van der Waals surface area contributed by atoms with Crippen LogP contribution in [0.15, 0.2) is 60.7 Å². The molecule has 0 saturated carbocycles. The van der Waals surface area contributed by atoms with Crippen molar-refractivity contribution < 1.29 is 9.59 Å². The monoisotopic (exact) mass is 397 g/mol. The van der Waals surface area contributed by atoms with E-state index in [9.17, 15) is 9.59 Å². The van der Waals surface area contributed by atoms with E-state index < -0.39 is 0 Å². The summed E-state index contributed by atoms with van der Waals surface area (Å²) in [5.41, 5.74) is 1.70. The van der Waals surface area contributed by atoms with Gasteiger partial charge in [-0.3, -0.25) is 14.5 Å². The molecule has 0 atom stereocenters. The third kappa shape index (κ3) is 6.51. The Hall–Kier alpha value is -2.63. The molecule has 1 heterocycles. The van der Waals surface area contributed by atoms with E-state index in [0.29, 0.717) is 11.6 Å². The van der Waals surface area contributed by atoms with Crippen LogP contribution in [-0.4, -0.2) is 42.4 Å². The molecule has 0 aliphatic carbocycles. The fourth-order valence-electron chi connectivity index (χ4n) is 3.19. The van der Waals surface area contributed by atoms with Gasteiger partial charge in [-0.25, -0.2) is 0 Å². The summed E-state index contributed by atoms with van der Waals surface area (Å²) in [7, 11) is 0. The third-order valence-corrected chi connectivity index (χ3v) is 4.87. The molecule has 1 aliphatic rings. The molecule has 5 nitrogen and oxygen atoms in total. The molecule has 0 radical (unpaired) electrons. The van der Waals surface area contributed by atoms with Crippen molar-refractivity contribution >= 4 is 35.2 Å². The van der Waals surface area contributed by atoms with Crippen LogP contribution in [0.3, 0.4) is 0 Å². The molecule has 1 fully saturated rings. The van der Waals surface area contributed by atoms with E-state index in [0.717, 1.165) is 37.2 Å². The van der Waals surface area contributed by atoms with Crippen LogP contribution in [0.25, 0.3) is 6.08 Å². The first-order chi connectivity index (χ1) is 13.6. The highest BCUT2D eigenvalue weighted by Crippen LogP contribution is 2.13. The number of para-hydroxylation sites is 1. The predicted octanol–water partition coefficient (Wildman–Crippen LogP) is 3.57. The number of anilines is 1. The number of hydrogen-bond donors (Lipinski definition) is 2. The standard InChI is InChI=1S/C22H24ClN3O2/c23-18-6-4-5-17(15-18)9-10-21(27)24-20-11-13-26(14-12-20)16-22(28)25-19-7-2-1-3-8-19/h1-10,15,20H,11-14,16H2,(H,24,27)(H,25,28)/b10-9+. The van der Waals surface area contributed by atoms with Gasteiger partial charge in [0.15, 0.2) is 0 Å². The highest BCUT2D eigenvalue weighted by molar-refractivity contribution is 6.30. The highest BCUT2D eigenvalue weighted by atomic mass is 35.5. The molecule has 2 N–H and O–H groups in total. The Morgan fingerprint density at radius 2 is 1.82 bits per heavy atom. The molecule has 0 unspecified atom stereocenters. The zero-order valence-corrected chi connectivity index (χ0v) is 16.4. The second-order valence-corrected chi connectivity index (χ2v) is 7.30. The van der Waals surface area contributed by atoms with Gasteiger partial charge in [0.05, 0.1) is 6.54 Å². The number of benzene rings is 2. The number of nitrogens with one attached hydrogen (secondary N) is 2. The van der Waals surface area contributed by atoms with Crippen LogP contribution in [-0.2, 0) is 9.59 Å². The van der Waals surface area contributed by atoms with Gasteiger partial charge in [0.25, 0.3) is 0 Å². The van der Waals surface area contributed by atoms with E-state index in [1.165, 1.54) is 6.08 Å². The molecular formula is C22H24ClN3O2. The van der Waals surface area contributed by atoms with Crippen molar-refractivity contribution in [1.82, 2.24) is 10.2 Å². The van der Waals surface area contributed by atoms with E-state index in [1.54, 1.807) is 12.1 Å². The van der Waals surface area contributed by atoms with Crippen molar-refractivity contribution in [3.05, 3.63) is 71.3 Å². The molecule has 0 spiro atoms. The molecule has 0 aromatic heterocycles. The van der Waals surface area contributed by atoms with Crippen LogP contribution < -0.4 is 10.6 Å². The second kappa shape index (κ2) is 10.1. The van der Waals surface area contributed by atoms with Crippen LogP contribution in [0.1, 0.15) is 18.4 Å². The fourth-order valence-corrected chi connectivity index (χ4v) is 3.39. The summed E-state index contributed by atoms with van der Waals surface area (Å²) in [6.07, 6.45) is 4.94. The fraction of sp³-hybridized carbons (Fsp3) is 0.273. The topological polar surface area (TPSA) is 61.4 Å². The molecular weight excluding hydrogens is 374 g/mol. The Morgan fingerprint density at radius 1 is 1.07 bits per heavy atom. The van der Waals surface area contributed by atoms with Crippen LogP contribution in [0.4, 0.5) is 5.69 Å². The summed E-state index contributed by atoms with van der Waals surface area (Å²) in [6.45, 7) is 1.93. The maximum Gasteiger partial charge on any atom is 0.244 e. The van der Waals surface area contributed by atoms with Gasteiger partial charge >= 0.3 is 0 Å². The number of nitrogens with zero attached hydrogens (tertiary/aromatic N) is 1. The van der Waals surface area contributed by atoms with Crippen molar-refractivity contribution in [2.75, 3.05) is 25.0 Å². The minimum atomic E-state index is -0.111. The Labute approximate surface area is 170 Å². The lowest BCUT2D eigenvalue weighted by Gasteiger charge is -2.31. The molecule has 2 aromatic carbocycles.